The molecule has 0 amide bonds. The molecule has 3 nitrogen and oxygen atoms in total. The zero-order valence-electron chi connectivity index (χ0n) is 11.9. The number of anilines is 1. The molecule has 0 saturated heterocycles. The molecule has 3 aromatic rings. The maximum absolute atomic E-state index is 6.28. The molecule has 106 valence electrons. The van der Waals surface area contributed by atoms with Gasteiger partial charge in [0.15, 0.2) is 11.6 Å². The number of benzene rings is 2. The van der Waals surface area contributed by atoms with Crippen molar-refractivity contribution in [2.45, 2.75) is 13.8 Å². The molecule has 2 N–H and O–H groups in total. The summed E-state index contributed by atoms with van der Waals surface area (Å²) in [7, 11) is 0. The van der Waals surface area contributed by atoms with Crippen molar-refractivity contribution < 1.29 is 4.52 Å². The summed E-state index contributed by atoms with van der Waals surface area (Å²) in [6.45, 7) is 4.14. The van der Waals surface area contributed by atoms with Crippen LogP contribution >= 0.6 is 11.6 Å². The van der Waals surface area contributed by atoms with Gasteiger partial charge >= 0.3 is 0 Å². The van der Waals surface area contributed by atoms with Crippen LogP contribution in [0, 0.1) is 13.8 Å². The number of halogens is 1. The molecule has 0 aliphatic heterocycles. The molecule has 4 heteroatoms. The Labute approximate surface area is 128 Å². The molecule has 0 radical (unpaired) electrons. The Morgan fingerprint density at radius 2 is 1.81 bits per heavy atom. The summed E-state index contributed by atoms with van der Waals surface area (Å²) < 4.78 is 5.45. The van der Waals surface area contributed by atoms with E-state index in [9.17, 15) is 0 Å². The molecule has 0 bridgehead atoms. The van der Waals surface area contributed by atoms with Gasteiger partial charge in [0.1, 0.15) is 0 Å². The first-order valence-electron chi connectivity index (χ1n) is 6.65. The van der Waals surface area contributed by atoms with Crippen LogP contribution in [0.2, 0.25) is 5.02 Å². The number of nitrogens with zero attached hydrogens (tertiary/aromatic N) is 1. The molecule has 0 aliphatic rings. The molecule has 0 aliphatic carbocycles. The van der Waals surface area contributed by atoms with E-state index in [1.165, 1.54) is 11.1 Å². The van der Waals surface area contributed by atoms with Crippen molar-refractivity contribution in [2.24, 2.45) is 0 Å². The standard InChI is InChI=1S/C17H15ClN2O/c1-10-7-8-12(9-11(10)2)16-15(17(19)20-21-16)13-5-3-4-6-14(13)18/h3-9H,1-2H3,(H2,19,20). The number of aromatic nitrogens is 1. The molecule has 0 fully saturated rings. The Balaban J connectivity index is 2.22. The number of hydrogen-bond acceptors (Lipinski definition) is 3. The highest BCUT2D eigenvalue weighted by Gasteiger charge is 2.19. The molecule has 2 aromatic carbocycles. The number of aryl methyl sites for hydroxylation is 2. The summed E-state index contributed by atoms with van der Waals surface area (Å²) in [4.78, 5) is 0. The molecule has 0 unspecified atom stereocenters. The summed E-state index contributed by atoms with van der Waals surface area (Å²) in [6, 6.07) is 13.7. The lowest BCUT2D eigenvalue weighted by molar-refractivity contribution is 0.436. The molecule has 1 aromatic heterocycles. The zero-order chi connectivity index (χ0) is 15.0. The second-order valence-electron chi connectivity index (χ2n) is 5.05. The van der Waals surface area contributed by atoms with Crippen LogP contribution in [0.1, 0.15) is 11.1 Å². The predicted octanol–water partition coefficient (Wildman–Crippen LogP) is 4.86. The summed E-state index contributed by atoms with van der Waals surface area (Å²) in [5.74, 6) is 0.986. The lowest BCUT2D eigenvalue weighted by atomic mass is 9.99. The van der Waals surface area contributed by atoms with Crippen molar-refractivity contribution in [1.29, 1.82) is 0 Å². The van der Waals surface area contributed by atoms with Gasteiger partial charge in [0, 0.05) is 16.1 Å². The van der Waals surface area contributed by atoms with E-state index in [1.54, 1.807) is 0 Å². The molecule has 3 rings (SSSR count). The number of nitrogen functional groups attached to an aromatic ring is 1. The van der Waals surface area contributed by atoms with E-state index in [-0.39, 0.29) is 0 Å². The maximum Gasteiger partial charge on any atom is 0.176 e. The highest BCUT2D eigenvalue weighted by molar-refractivity contribution is 6.33. The SMILES string of the molecule is Cc1ccc(-c2onc(N)c2-c2ccccc2Cl)cc1C. The third-order valence-corrected chi connectivity index (χ3v) is 3.96. The minimum atomic E-state index is 0.344. The van der Waals surface area contributed by atoms with E-state index >= 15 is 0 Å². The number of nitrogens with two attached hydrogens (primary N) is 1. The van der Waals surface area contributed by atoms with Crippen molar-refractivity contribution in [2.75, 3.05) is 5.73 Å². The summed E-state index contributed by atoms with van der Waals surface area (Å²) in [5.41, 5.74) is 10.9. The van der Waals surface area contributed by atoms with E-state index in [0.29, 0.717) is 16.6 Å². The average Bonchev–Trinajstić information content (AvgIpc) is 2.84. The topological polar surface area (TPSA) is 52.0 Å². The van der Waals surface area contributed by atoms with E-state index in [1.807, 2.05) is 30.3 Å². The summed E-state index contributed by atoms with van der Waals surface area (Å²) in [6.07, 6.45) is 0. The fourth-order valence-electron chi connectivity index (χ4n) is 2.31. The van der Waals surface area contributed by atoms with E-state index in [0.717, 1.165) is 16.7 Å². The van der Waals surface area contributed by atoms with Crippen molar-refractivity contribution in [1.82, 2.24) is 5.16 Å². The van der Waals surface area contributed by atoms with Crippen LogP contribution in [0.15, 0.2) is 47.0 Å². The van der Waals surface area contributed by atoms with Crippen LogP contribution < -0.4 is 5.73 Å². The Hall–Kier alpha value is -2.26. The zero-order valence-corrected chi connectivity index (χ0v) is 12.6. The summed E-state index contributed by atoms with van der Waals surface area (Å²) >= 11 is 6.28. The van der Waals surface area contributed by atoms with Gasteiger partial charge < -0.3 is 10.3 Å². The smallest absolute Gasteiger partial charge is 0.176 e. The first kappa shape index (κ1) is 13.7. The van der Waals surface area contributed by atoms with Crippen molar-refractivity contribution in [3.05, 3.63) is 58.6 Å². The van der Waals surface area contributed by atoms with E-state index in [2.05, 4.69) is 31.1 Å². The lowest BCUT2D eigenvalue weighted by Crippen LogP contribution is -1.90. The van der Waals surface area contributed by atoms with Crippen LogP contribution in [0.5, 0.6) is 0 Å². The van der Waals surface area contributed by atoms with Gasteiger partial charge in [0.25, 0.3) is 0 Å². The molecular weight excluding hydrogens is 284 g/mol. The lowest BCUT2D eigenvalue weighted by Gasteiger charge is -2.06. The minimum Gasteiger partial charge on any atom is -0.380 e. The fourth-order valence-corrected chi connectivity index (χ4v) is 2.54. The molecule has 0 spiro atoms. The second kappa shape index (κ2) is 5.26. The van der Waals surface area contributed by atoms with Crippen LogP contribution in [0.25, 0.3) is 22.5 Å². The van der Waals surface area contributed by atoms with Crippen LogP contribution in [0.4, 0.5) is 5.82 Å². The van der Waals surface area contributed by atoms with Crippen LogP contribution in [-0.4, -0.2) is 5.16 Å². The Kier molecular flexibility index (Phi) is 3.43. The molecule has 0 atom stereocenters. The first-order chi connectivity index (χ1) is 10.1. The Morgan fingerprint density at radius 3 is 2.52 bits per heavy atom. The van der Waals surface area contributed by atoms with Crippen LogP contribution in [0.3, 0.4) is 0 Å². The van der Waals surface area contributed by atoms with Crippen LogP contribution in [-0.2, 0) is 0 Å². The molecule has 0 saturated carbocycles. The predicted molar refractivity (Wildman–Crippen MR) is 86.3 cm³/mol. The maximum atomic E-state index is 6.28. The normalized spacial score (nSPS) is 10.8. The van der Waals surface area contributed by atoms with Gasteiger partial charge in [0.2, 0.25) is 0 Å². The first-order valence-corrected chi connectivity index (χ1v) is 7.03. The number of hydrogen-bond donors (Lipinski definition) is 1. The quantitative estimate of drug-likeness (QED) is 0.735. The van der Waals surface area contributed by atoms with Gasteiger partial charge in [-0.25, -0.2) is 0 Å². The van der Waals surface area contributed by atoms with Crippen molar-refractivity contribution >= 4 is 17.4 Å². The highest BCUT2D eigenvalue weighted by atomic mass is 35.5. The second-order valence-corrected chi connectivity index (χ2v) is 5.46. The van der Waals surface area contributed by atoms with Gasteiger partial charge in [0.05, 0.1) is 5.56 Å². The van der Waals surface area contributed by atoms with Crippen molar-refractivity contribution in [3.63, 3.8) is 0 Å². The largest absolute Gasteiger partial charge is 0.380 e. The Morgan fingerprint density at radius 1 is 1.05 bits per heavy atom. The third kappa shape index (κ3) is 2.41. The minimum absolute atomic E-state index is 0.344. The van der Waals surface area contributed by atoms with Gasteiger partial charge in [-0.1, -0.05) is 47.1 Å². The van der Waals surface area contributed by atoms with Gasteiger partial charge in [-0.15, -0.1) is 0 Å². The molecular formula is C17H15ClN2O. The van der Waals surface area contributed by atoms with Crippen molar-refractivity contribution in [3.8, 4) is 22.5 Å². The highest BCUT2D eigenvalue weighted by Crippen LogP contribution is 2.40. The van der Waals surface area contributed by atoms with Gasteiger partial charge in [-0.3, -0.25) is 0 Å². The Bertz CT molecular complexity index is 808. The van der Waals surface area contributed by atoms with Gasteiger partial charge in [-0.2, -0.15) is 0 Å². The van der Waals surface area contributed by atoms with Gasteiger partial charge in [-0.05, 0) is 37.1 Å². The number of rotatable bonds is 2. The molecule has 1 heterocycles. The molecule has 21 heavy (non-hydrogen) atoms. The third-order valence-electron chi connectivity index (χ3n) is 3.63. The fraction of sp³-hybridized carbons (Fsp3) is 0.118. The van der Waals surface area contributed by atoms with E-state index < -0.39 is 0 Å². The average molecular weight is 299 g/mol. The monoisotopic (exact) mass is 298 g/mol. The van der Waals surface area contributed by atoms with E-state index in [4.69, 9.17) is 21.9 Å². The summed E-state index contributed by atoms with van der Waals surface area (Å²) in [5, 5.41) is 4.53.